The van der Waals surface area contributed by atoms with Gasteiger partial charge in [0.15, 0.2) is 0 Å². The topological polar surface area (TPSA) is 60.9 Å². The first-order valence-corrected chi connectivity index (χ1v) is 11.5. The summed E-state index contributed by atoms with van der Waals surface area (Å²) in [6.45, 7) is 8.95. The zero-order chi connectivity index (χ0) is 23.5. The molecule has 1 unspecified atom stereocenters. The number of fused-ring (bicyclic) bond motifs is 1. The van der Waals surface area contributed by atoms with Crippen LogP contribution in [-0.4, -0.2) is 52.8 Å². The van der Waals surface area contributed by atoms with E-state index in [2.05, 4.69) is 18.7 Å². The molecule has 1 N–H and O–H groups in total. The van der Waals surface area contributed by atoms with E-state index >= 15 is 0 Å². The summed E-state index contributed by atoms with van der Waals surface area (Å²) in [7, 11) is 0. The standard InChI is InChI=1S/C28H30N2O3/c1-4-29(5-2)15-16-30-25(22-12-8-9-19(3)17-22)24(27(32)28(30)33)26(31)23-14-13-20-10-6-7-11-21(20)18-23/h6-14,17-18,25,31H,4-5,15-16H2,1-3H3/b26-24-. The van der Waals surface area contributed by atoms with Gasteiger partial charge in [0, 0.05) is 18.7 Å². The fourth-order valence-corrected chi connectivity index (χ4v) is 4.58. The third-order valence-corrected chi connectivity index (χ3v) is 6.47. The van der Waals surface area contributed by atoms with Crippen LogP contribution >= 0.6 is 0 Å². The highest BCUT2D eigenvalue weighted by molar-refractivity contribution is 6.46. The third-order valence-electron chi connectivity index (χ3n) is 6.47. The van der Waals surface area contributed by atoms with Crippen LogP contribution in [0.2, 0.25) is 0 Å². The van der Waals surface area contributed by atoms with Crippen molar-refractivity contribution >= 4 is 28.2 Å². The lowest BCUT2D eigenvalue weighted by molar-refractivity contribution is -0.140. The Labute approximate surface area is 194 Å². The van der Waals surface area contributed by atoms with E-state index in [1.54, 1.807) is 11.0 Å². The van der Waals surface area contributed by atoms with E-state index in [4.69, 9.17) is 0 Å². The number of Topliss-reactive ketones (excluding diaryl/α,β-unsaturated/α-hetero) is 1. The van der Waals surface area contributed by atoms with E-state index in [1.165, 1.54) is 0 Å². The van der Waals surface area contributed by atoms with E-state index in [-0.39, 0.29) is 11.3 Å². The highest BCUT2D eigenvalue weighted by atomic mass is 16.3. The molecule has 0 spiro atoms. The summed E-state index contributed by atoms with van der Waals surface area (Å²) in [6, 6.07) is 20.6. The van der Waals surface area contributed by atoms with Crippen molar-refractivity contribution in [1.82, 2.24) is 9.80 Å². The Hall–Kier alpha value is -3.44. The highest BCUT2D eigenvalue weighted by Crippen LogP contribution is 2.39. The number of amides is 1. The van der Waals surface area contributed by atoms with Gasteiger partial charge in [-0.2, -0.15) is 0 Å². The first-order chi connectivity index (χ1) is 15.9. The molecule has 3 aromatic rings. The van der Waals surface area contributed by atoms with Crippen molar-refractivity contribution in [2.45, 2.75) is 26.8 Å². The van der Waals surface area contributed by atoms with Crippen LogP contribution in [0.1, 0.15) is 36.6 Å². The first-order valence-electron chi connectivity index (χ1n) is 11.5. The highest BCUT2D eigenvalue weighted by Gasteiger charge is 2.46. The molecule has 1 fully saturated rings. The summed E-state index contributed by atoms with van der Waals surface area (Å²) in [5.74, 6) is -1.32. The van der Waals surface area contributed by atoms with Gasteiger partial charge in [0.05, 0.1) is 11.6 Å². The fraction of sp³-hybridized carbons (Fsp3) is 0.286. The average molecular weight is 443 g/mol. The van der Waals surface area contributed by atoms with Gasteiger partial charge >= 0.3 is 0 Å². The van der Waals surface area contributed by atoms with Crippen LogP contribution < -0.4 is 0 Å². The molecule has 0 aliphatic carbocycles. The van der Waals surface area contributed by atoms with Gasteiger partial charge in [0.2, 0.25) is 0 Å². The largest absolute Gasteiger partial charge is 0.507 e. The molecular weight excluding hydrogens is 412 g/mol. The van der Waals surface area contributed by atoms with Gasteiger partial charge in [-0.15, -0.1) is 0 Å². The molecule has 5 heteroatoms. The molecule has 1 aliphatic heterocycles. The maximum atomic E-state index is 13.2. The molecule has 1 amide bonds. The second kappa shape index (κ2) is 9.59. The number of aryl methyl sites for hydroxylation is 1. The number of nitrogens with zero attached hydrogens (tertiary/aromatic N) is 2. The summed E-state index contributed by atoms with van der Waals surface area (Å²) < 4.78 is 0. The second-order valence-corrected chi connectivity index (χ2v) is 8.50. The van der Waals surface area contributed by atoms with Crippen LogP contribution in [0.25, 0.3) is 16.5 Å². The smallest absolute Gasteiger partial charge is 0.295 e. The predicted octanol–water partition coefficient (Wildman–Crippen LogP) is 4.91. The van der Waals surface area contributed by atoms with Crippen LogP contribution in [0.4, 0.5) is 0 Å². The van der Waals surface area contributed by atoms with Crippen molar-refractivity contribution in [3.63, 3.8) is 0 Å². The fourth-order valence-electron chi connectivity index (χ4n) is 4.58. The van der Waals surface area contributed by atoms with Gasteiger partial charge in [-0.05, 0) is 42.4 Å². The number of carbonyl (C=O) groups is 2. The Kier molecular flexibility index (Phi) is 6.61. The van der Waals surface area contributed by atoms with Crippen molar-refractivity contribution in [3.8, 4) is 0 Å². The van der Waals surface area contributed by atoms with E-state index in [0.29, 0.717) is 18.7 Å². The van der Waals surface area contributed by atoms with Gasteiger partial charge in [-0.1, -0.05) is 80.1 Å². The van der Waals surface area contributed by atoms with Gasteiger partial charge in [-0.3, -0.25) is 9.59 Å². The minimum absolute atomic E-state index is 0.129. The number of carbonyl (C=O) groups excluding carboxylic acids is 2. The molecule has 170 valence electrons. The predicted molar refractivity (Wildman–Crippen MR) is 132 cm³/mol. The molecular formula is C28H30N2O3. The molecule has 0 bridgehead atoms. The zero-order valence-corrected chi connectivity index (χ0v) is 19.4. The van der Waals surface area contributed by atoms with Gasteiger partial charge in [0.1, 0.15) is 5.76 Å². The molecule has 0 radical (unpaired) electrons. The van der Waals surface area contributed by atoms with Crippen LogP contribution in [0, 0.1) is 6.92 Å². The minimum atomic E-state index is -0.633. The second-order valence-electron chi connectivity index (χ2n) is 8.50. The minimum Gasteiger partial charge on any atom is -0.507 e. The first kappa shape index (κ1) is 22.7. The molecule has 0 aromatic heterocycles. The Morgan fingerprint density at radius 2 is 1.67 bits per heavy atom. The van der Waals surface area contributed by atoms with E-state index in [0.717, 1.165) is 35.0 Å². The molecule has 1 heterocycles. The van der Waals surface area contributed by atoms with Crippen molar-refractivity contribution in [2.75, 3.05) is 26.2 Å². The number of hydrogen-bond donors (Lipinski definition) is 1. The summed E-state index contributed by atoms with van der Waals surface area (Å²) in [5.41, 5.74) is 2.55. The monoisotopic (exact) mass is 442 g/mol. The van der Waals surface area contributed by atoms with Crippen molar-refractivity contribution < 1.29 is 14.7 Å². The van der Waals surface area contributed by atoms with Crippen LogP contribution in [0.5, 0.6) is 0 Å². The SMILES string of the molecule is CCN(CC)CCN1C(=O)C(=O)/C(=C(\O)c2ccc3ccccc3c2)C1c1cccc(C)c1. The number of hydrogen-bond acceptors (Lipinski definition) is 4. The van der Waals surface area contributed by atoms with E-state index in [1.807, 2.05) is 67.6 Å². The van der Waals surface area contributed by atoms with Crippen molar-refractivity contribution in [3.05, 3.63) is 89.0 Å². The van der Waals surface area contributed by atoms with Crippen LogP contribution in [0.3, 0.4) is 0 Å². The molecule has 1 atom stereocenters. The number of rotatable bonds is 7. The van der Waals surface area contributed by atoms with Crippen LogP contribution in [0.15, 0.2) is 72.3 Å². The van der Waals surface area contributed by atoms with Crippen molar-refractivity contribution in [2.24, 2.45) is 0 Å². The molecule has 5 nitrogen and oxygen atoms in total. The third kappa shape index (κ3) is 4.41. The van der Waals surface area contributed by atoms with E-state index < -0.39 is 17.7 Å². The number of aliphatic hydroxyl groups is 1. The zero-order valence-electron chi connectivity index (χ0n) is 19.4. The molecule has 33 heavy (non-hydrogen) atoms. The molecule has 0 saturated carbocycles. The Bertz CT molecular complexity index is 1230. The summed E-state index contributed by atoms with van der Waals surface area (Å²) >= 11 is 0. The van der Waals surface area contributed by atoms with Gasteiger partial charge < -0.3 is 14.9 Å². The molecule has 1 aliphatic rings. The lowest BCUT2D eigenvalue weighted by Crippen LogP contribution is -2.38. The molecule has 1 saturated heterocycles. The summed E-state index contributed by atoms with van der Waals surface area (Å²) in [4.78, 5) is 30.2. The van der Waals surface area contributed by atoms with Gasteiger partial charge in [-0.25, -0.2) is 0 Å². The maximum absolute atomic E-state index is 13.2. The number of likely N-dealkylation sites (tertiary alicyclic amines) is 1. The van der Waals surface area contributed by atoms with Gasteiger partial charge in [0.25, 0.3) is 11.7 Å². The van der Waals surface area contributed by atoms with Crippen LogP contribution in [-0.2, 0) is 9.59 Å². The Morgan fingerprint density at radius 1 is 0.939 bits per heavy atom. The van der Waals surface area contributed by atoms with E-state index in [9.17, 15) is 14.7 Å². The quantitative estimate of drug-likeness (QED) is 0.321. The lowest BCUT2D eigenvalue weighted by atomic mass is 9.94. The average Bonchev–Trinajstić information content (AvgIpc) is 3.09. The molecule has 3 aromatic carbocycles. The number of likely N-dealkylation sites (N-methyl/N-ethyl adjacent to an activating group) is 1. The normalized spacial score (nSPS) is 17.9. The summed E-state index contributed by atoms with van der Waals surface area (Å²) in [5, 5.41) is 13.3. The number of aliphatic hydroxyl groups excluding tert-OH is 1. The number of ketones is 1. The Morgan fingerprint density at radius 3 is 2.36 bits per heavy atom. The maximum Gasteiger partial charge on any atom is 0.295 e. The Balaban J connectivity index is 1.83. The number of benzene rings is 3. The molecule has 4 rings (SSSR count). The lowest BCUT2D eigenvalue weighted by Gasteiger charge is -2.28. The summed E-state index contributed by atoms with van der Waals surface area (Å²) in [6.07, 6.45) is 0. The van der Waals surface area contributed by atoms with Crippen molar-refractivity contribution in [1.29, 1.82) is 0 Å².